The minimum absolute atomic E-state index is 0.00172. The molecule has 1 N–H and O–H groups in total. The standard InChI is InChI=1S/C18H25N3O4S/c1-2-9-20-15-5-3-4-6-16(15)21(18(20)23)10-7-17(22)19-12-14-8-11-26(24,25)13-14/h3-6,14H,2,7-13H2,1H3,(H,19,22). The second kappa shape index (κ2) is 7.65. The molecule has 0 saturated carbocycles. The summed E-state index contributed by atoms with van der Waals surface area (Å²) in [6.07, 6.45) is 1.66. The highest BCUT2D eigenvalue weighted by molar-refractivity contribution is 7.91. The number of nitrogens with zero attached hydrogens (tertiary/aromatic N) is 2. The van der Waals surface area contributed by atoms with Crippen LogP contribution in [0.5, 0.6) is 0 Å². The van der Waals surface area contributed by atoms with Gasteiger partial charge in [-0.3, -0.25) is 13.9 Å². The Bertz CT molecular complexity index is 958. The molecule has 0 aliphatic carbocycles. The van der Waals surface area contributed by atoms with Gasteiger partial charge in [0.05, 0.1) is 22.5 Å². The Labute approximate surface area is 152 Å². The monoisotopic (exact) mass is 379 g/mol. The number of hydrogen-bond donors (Lipinski definition) is 1. The van der Waals surface area contributed by atoms with Gasteiger partial charge in [0.1, 0.15) is 0 Å². The topological polar surface area (TPSA) is 90.2 Å². The van der Waals surface area contributed by atoms with E-state index in [9.17, 15) is 18.0 Å². The van der Waals surface area contributed by atoms with Crippen molar-refractivity contribution in [3.63, 3.8) is 0 Å². The van der Waals surface area contributed by atoms with Gasteiger partial charge in [0.2, 0.25) is 5.91 Å². The maximum atomic E-state index is 12.7. The molecular weight excluding hydrogens is 354 g/mol. The lowest BCUT2D eigenvalue weighted by Gasteiger charge is -2.10. The molecule has 26 heavy (non-hydrogen) atoms. The second-order valence-corrected chi connectivity index (χ2v) is 9.13. The van der Waals surface area contributed by atoms with Gasteiger partial charge in [0.15, 0.2) is 9.84 Å². The molecule has 142 valence electrons. The van der Waals surface area contributed by atoms with Gasteiger partial charge in [-0.25, -0.2) is 13.2 Å². The third kappa shape index (κ3) is 4.00. The molecule has 1 unspecified atom stereocenters. The fourth-order valence-electron chi connectivity index (χ4n) is 3.52. The Morgan fingerprint density at radius 2 is 1.85 bits per heavy atom. The van der Waals surface area contributed by atoms with Gasteiger partial charge >= 0.3 is 5.69 Å². The van der Waals surface area contributed by atoms with Crippen LogP contribution < -0.4 is 11.0 Å². The van der Waals surface area contributed by atoms with Crippen LogP contribution in [0.3, 0.4) is 0 Å². The zero-order valence-corrected chi connectivity index (χ0v) is 15.8. The molecule has 2 heterocycles. The van der Waals surface area contributed by atoms with Gasteiger partial charge in [-0.05, 0) is 30.9 Å². The maximum absolute atomic E-state index is 12.7. The Balaban J connectivity index is 1.63. The van der Waals surface area contributed by atoms with Crippen molar-refractivity contribution in [2.75, 3.05) is 18.1 Å². The van der Waals surface area contributed by atoms with Crippen LogP contribution in [0.4, 0.5) is 0 Å². The van der Waals surface area contributed by atoms with Crippen molar-refractivity contribution in [3.8, 4) is 0 Å². The van der Waals surface area contributed by atoms with Gasteiger partial charge < -0.3 is 5.32 Å². The zero-order chi connectivity index (χ0) is 18.7. The quantitative estimate of drug-likeness (QED) is 0.781. The van der Waals surface area contributed by atoms with E-state index < -0.39 is 9.84 Å². The highest BCUT2D eigenvalue weighted by Crippen LogP contribution is 2.17. The van der Waals surface area contributed by atoms with Crippen molar-refractivity contribution < 1.29 is 13.2 Å². The number of para-hydroxylation sites is 2. The number of carbonyl (C=O) groups excluding carboxylic acids is 1. The Kier molecular flexibility index (Phi) is 5.50. The van der Waals surface area contributed by atoms with E-state index >= 15 is 0 Å². The van der Waals surface area contributed by atoms with E-state index in [2.05, 4.69) is 5.32 Å². The summed E-state index contributed by atoms with van der Waals surface area (Å²) < 4.78 is 26.3. The molecule has 1 saturated heterocycles. The summed E-state index contributed by atoms with van der Waals surface area (Å²) in [4.78, 5) is 24.8. The molecule has 1 aliphatic rings. The molecule has 8 heteroatoms. The number of benzene rings is 1. The zero-order valence-electron chi connectivity index (χ0n) is 15.0. The van der Waals surface area contributed by atoms with Crippen molar-refractivity contribution in [1.29, 1.82) is 0 Å². The lowest BCUT2D eigenvalue weighted by Crippen LogP contribution is -2.32. The molecule has 2 aromatic rings. The average Bonchev–Trinajstić information content (AvgIpc) is 3.09. The summed E-state index contributed by atoms with van der Waals surface area (Å²) >= 11 is 0. The van der Waals surface area contributed by atoms with Crippen LogP contribution in [0, 0.1) is 5.92 Å². The summed E-state index contributed by atoms with van der Waals surface area (Å²) in [5.41, 5.74) is 1.62. The highest BCUT2D eigenvalue weighted by Gasteiger charge is 2.27. The third-order valence-electron chi connectivity index (χ3n) is 4.85. The smallest absolute Gasteiger partial charge is 0.329 e. The van der Waals surface area contributed by atoms with Crippen molar-refractivity contribution in [1.82, 2.24) is 14.5 Å². The number of aromatic nitrogens is 2. The van der Waals surface area contributed by atoms with Gasteiger partial charge in [-0.2, -0.15) is 0 Å². The van der Waals surface area contributed by atoms with Crippen LogP contribution in [0.15, 0.2) is 29.1 Å². The van der Waals surface area contributed by atoms with Crippen LogP contribution >= 0.6 is 0 Å². The second-order valence-electron chi connectivity index (χ2n) is 6.90. The van der Waals surface area contributed by atoms with E-state index in [1.807, 2.05) is 31.2 Å². The van der Waals surface area contributed by atoms with Crippen LogP contribution in [0.2, 0.25) is 0 Å². The first-order valence-electron chi connectivity index (χ1n) is 9.06. The van der Waals surface area contributed by atoms with Crippen molar-refractivity contribution in [2.45, 2.75) is 39.3 Å². The molecule has 1 aromatic heterocycles. The number of fused-ring (bicyclic) bond motifs is 1. The van der Waals surface area contributed by atoms with Crippen molar-refractivity contribution >= 4 is 26.8 Å². The fraction of sp³-hybridized carbons (Fsp3) is 0.556. The first-order valence-corrected chi connectivity index (χ1v) is 10.9. The predicted octanol–water partition coefficient (Wildman–Crippen LogP) is 1.15. The Hall–Kier alpha value is -2.09. The summed E-state index contributed by atoms with van der Waals surface area (Å²) in [6.45, 7) is 3.36. The molecule has 1 aromatic carbocycles. The fourth-order valence-corrected chi connectivity index (χ4v) is 5.38. The van der Waals surface area contributed by atoms with Gasteiger partial charge in [-0.15, -0.1) is 0 Å². The molecule has 1 atom stereocenters. The normalized spacial score (nSPS) is 19.0. The molecule has 7 nitrogen and oxygen atoms in total. The number of aryl methyl sites for hydroxylation is 2. The third-order valence-corrected chi connectivity index (χ3v) is 6.69. The van der Waals surface area contributed by atoms with Crippen molar-refractivity contribution in [2.24, 2.45) is 5.92 Å². The molecular formula is C18H25N3O4S. The van der Waals surface area contributed by atoms with Gasteiger partial charge in [0.25, 0.3) is 0 Å². The largest absolute Gasteiger partial charge is 0.356 e. The van der Waals surface area contributed by atoms with Crippen molar-refractivity contribution in [3.05, 3.63) is 34.7 Å². The molecule has 0 spiro atoms. The maximum Gasteiger partial charge on any atom is 0.329 e. The summed E-state index contributed by atoms with van der Waals surface area (Å²) in [6, 6.07) is 7.60. The first-order chi connectivity index (χ1) is 12.4. The van der Waals surface area contributed by atoms with Gasteiger partial charge in [-0.1, -0.05) is 19.1 Å². The summed E-state index contributed by atoms with van der Waals surface area (Å²) in [5.74, 6) is 0.198. The SMILES string of the molecule is CCCn1c(=O)n(CCC(=O)NCC2CCS(=O)(=O)C2)c2ccccc21. The van der Waals surface area contributed by atoms with E-state index in [-0.39, 0.29) is 35.4 Å². The van der Waals surface area contributed by atoms with E-state index in [0.717, 1.165) is 17.5 Å². The lowest BCUT2D eigenvalue weighted by molar-refractivity contribution is -0.121. The first kappa shape index (κ1) is 18.7. The van der Waals surface area contributed by atoms with Crippen LogP contribution in [-0.2, 0) is 27.7 Å². The predicted molar refractivity (Wildman–Crippen MR) is 101 cm³/mol. The number of rotatable bonds is 7. The average molecular weight is 379 g/mol. The number of carbonyl (C=O) groups is 1. The minimum atomic E-state index is -2.93. The van der Waals surface area contributed by atoms with Crippen LogP contribution in [0.1, 0.15) is 26.2 Å². The van der Waals surface area contributed by atoms with Crippen LogP contribution in [0.25, 0.3) is 11.0 Å². The lowest BCUT2D eigenvalue weighted by atomic mass is 10.1. The molecule has 1 amide bonds. The number of amides is 1. The minimum Gasteiger partial charge on any atom is -0.356 e. The molecule has 0 bridgehead atoms. The van der Waals surface area contributed by atoms with Crippen LogP contribution in [-0.4, -0.2) is 41.5 Å². The summed E-state index contributed by atoms with van der Waals surface area (Å²) in [5, 5.41) is 2.81. The summed E-state index contributed by atoms with van der Waals surface area (Å²) in [7, 11) is -2.93. The molecule has 3 rings (SSSR count). The molecule has 0 radical (unpaired) electrons. The number of nitrogens with one attached hydrogen (secondary N) is 1. The van der Waals surface area contributed by atoms with E-state index in [1.165, 1.54) is 0 Å². The number of hydrogen-bond acceptors (Lipinski definition) is 4. The number of sulfone groups is 1. The van der Waals surface area contributed by atoms with E-state index in [0.29, 0.717) is 26.1 Å². The number of imidazole rings is 1. The Morgan fingerprint density at radius 1 is 1.19 bits per heavy atom. The van der Waals surface area contributed by atoms with E-state index in [1.54, 1.807) is 9.13 Å². The van der Waals surface area contributed by atoms with E-state index in [4.69, 9.17) is 0 Å². The Morgan fingerprint density at radius 3 is 2.42 bits per heavy atom. The molecule has 1 aliphatic heterocycles. The molecule has 1 fully saturated rings. The van der Waals surface area contributed by atoms with Gasteiger partial charge in [0, 0.05) is 26.1 Å². The highest BCUT2D eigenvalue weighted by atomic mass is 32.2.